The molecule has 146 valence electrons. The standard InChI is InChI=1S/C23H26N2O2S/c1-2-16-8-5-6-13-20(16)25-21(26)15-28-23(25)18-11-7-12-19(14-18)24-22(27)17-9-3-4-10-17/h5-8,11-14,17,23H,2-4,9-10,15H2,1H3,(H,24,27)/t23-/m1/s1. The fraction of sp³-hybridized carbons (Fsp3) is 0.391. The molecule has 5 heteroatoms. The lowest BCUT2D eigenvalue weighted by Crippen LogP contribution is -2.28. The summed E-state index contributed by atoms with van der Waals surface area (Å²) in [6.07, 6.45) is 5.14. The molecule has 4 rings (SSSR count). The van der Waals surface area contributed by atoms with E-state index in [-0.39, 0.29) is 23.1 Å². The van der Waals surface area contributed by atoms with Gasteiger partial charge in [0.1, 0.15) is 5.37 Å². The number of nitrogens with one attached hydrogen (secondary N) is 1. The first-order valence-corrected chi connectivity index (χ1v) is 11.1. The third-order valence-corrected chi connectivity index (χ3v) is 6.88. The molecule has 0 bridgehead atoms. The van der Waals surface area contributed by atoms with Crippen molar-refractivity contribution in [2.24, 2.45) is 5.92 Å². The number of hydrogen-bond acceptors (Lipinski definition) is 3. The number of rotatable bonds is 5. The van der Waals surface area contributed by atoms with E-state index in [1.165, 1.54) is 5.56 Å². The lowest BCUT2D eigenvalue weighted by atomic mass is 10.1. The van der Waals surface area contributed by atoms with E-state index in [1.807, 2.05) is 47.4 Å². The Morgan fingerprint density at radius 3 is 2.71 bits per heavy atom. The van der Waals surface area contributed by atoms with Gasteiger partial charge in [0.25, 0.3) is 0 Å². The maximum Gasteiger partial charge on any atom is 0.238 e. The highest BCUT2D eigenvalue weighted by Gasteiger charge is 2.35. The van der Waals surface area contributed by atoms with E-state index in [2.05, 4.69) is 18.3 Å². The molecular formula is C23H26N2O2S. The van der Waals surface area contributed by atoms with Crippen molar-refractivity contribution >= 4 is 35.0 Å². The lowest BCUT2D eigenvalue weighted by molar-refractivity contribution is -0.119. The van der Waals surface area contributed by atoms with E-state index in [0.717, 1.165) is 49.0 Å². The van der Waals surface area contributed by atoms with E-state index in [0.29, 0.717) is 5.75 Å². The van der Waals surface area contributed by atoms with E-state index in [4.69, 9.17) is 0 Å². The largest absolute Gasteiger partial charge is 0.326 e. The van der Waals surface area contributed by atoms with Gasteiger partial charge in [-0.15, -0.1) is 11.8 Å². The second-order valence-corrected chi connectivity index (χ2v) is 8.57. The SMILES string of the molecule is CCc1ccccc1N1C(=O)CS[C@@H]1c1cccc(NC(=O)C2CCCC2)c1. The van der Waals surface area contributed by atoms with Crippen LogP contribution in [-0.4, -0.2) is 17.6 Å². The van der Waals surface area contributed by atoms with Gasteiger partial charge in [0, 0.05) is 17.3 Å². The zero-order valence-electron chi connectivity index (χ0n) is 16.2. The molecule has 1 aliphatic heterocycles. The number of hydrogen-bond donors (Lipinski definition) is 1. The first-order valence-electron chi connectivity index (χ1n) is 10.1. The molecule has 2 aliphatic rings. The number of aryl methyl sites for hydroxylation is 1. The van der Waals surface area contributed by atoms with E-state index in [1.54, 1.807) is 11.8 Å². The molecule has 1 atom stereocenters. The van der Waals surface area contributed by atoms with E-state index in [9.17, 15) is 9.59 Å². The van der Waals surface area contributed by atoms with Crippen LogP contribution in [0.3, 0.4) is 0 Å². The Balaban J connectivity index is 1.59. The van der Waals surface area contributed by atoms with Crippen LogP contribution in [0.5, 0.6) is 0 Å². The number of amides is 2. The Bertz CT molecular complexity index is 876. The molecule has 1 saturated carbocycles. The van der Waals surface area contributed by atoms with Gasteiger partial charge in [-0.1, -0.05) is 50.1 Å². The Morgan fingerprint density at radius 2 is 1.93 bits per heavy atom. The van der Waals surface area contributed by atoms with Crippen LogP contribution in [0.2, 0.25) is 0 Å². The molecule has 0 spiro atoms. The molecule has 0 unspecified atom stereocenters. The summed E-state index contributed by atoms with van der Waals surface area (Å²) in [4.78, 5) is 27.1. The quantitative estimate of drug-likeness (QED) is 0.762. The van der Waals surface area contributed by atoms with Crippen molar-refractivity contribution < 1.29 is 9.59 Å². The van der Waals surface area contributed by atoms with Gasteiger partial charge in [-0.3, -0.25) is 14.5 Å². The predicted molar refractivity (Wildman–Crippen MR) is 116 cm³/mol. The fourth-order valence-corrected chi connectivity index (χ4v) is 5.34. The third-order valence-electron chi connectivity index (χ3n) is 5.67. The number of benzene rings is 2. The van der Waals surface area contributed by atoms with Gasteiger partial charge in [0.15, 0.2) is 0 Å². The summed E-state index contributed by atoms with van der Waals surface area (Å²) in [5.41, 5.74) is 4.03. The Hall–Kier alpha value is -2.27. The van der Waals surface area contributed by atoms with Crippen molar-refractivity contribution in [3.8, 4) is 0 Å². The summed E-state index contributed by atoms with van der Waals surface area (Å²) in [5, 5.41) is 3.02. The topological polar surface area (TPSA) is 49.4 Å². The Labute approximate surface area is 170 Å². The van der Waals surface area contributed by atoms with Gasteiger partial charge in [0.05, 0.1) is 5.75 Å². The average molecular weight is 395 g/mol. The van der Waals surface area contributed by atoms with Crippen LogP contribution in [0.25, 0.3) is 0 Å². The summed E-state index contributed by atoms with van der Waals surface area (Å²) < 4.78 is 0. The second kappa shape index (κ2) is 8.39. The fourth-order valence-electron chi connectivity index (χ4n) is 4.18. The van der Waals surface area contributed by atoms with Crippen molar-refractivity contribution in [2.45, 2.75) is 44.4 Å². The molecular weight excluding hydrogens is 368 g/mol. The van der Waals surface area contributed by atoms with Crippen molar-refractivity contribution in [2.75, 3.05) is 16.0 Å². The van der Waals surface area contributed by atoms with Gasteiger partial charge in [0.2, 0.25) is 11.8 Å². The zero-order valence-corrected chi connectivity index (χ0v) is 17.0. The predicted octanol–water partition coefficient (Wildman–Crippen LogP) is 5.16. The number of anilines is 2. The number of para-hydroxylation sites is 1. The summed E-state index contributed by atoms with van der Waals surface area (Å²) in [6, 6.07) is 16.1. The normalized spacial score (nSPS) is 20.0. The van der Waals surface area contributed by atoms with Gasteiger partial charge in [-0.2, -0.15) is 0 Å². The number of thioether (sulfide) groups is 1. The van der Waals surface area contributed by atoms with Crippen molar-refractivity contribution in [1.82, 2.24) is 0 Å². The van der Waals surface area contributed by atoms with Crippen LogP contribution < -0.4 is 10.2 Å². The van der Waals surface area contributed by atoms with Crippen LogP contribution in [0.4, 0.5) is 11.4 Å². The molecule has 2 fully saturated rings. The Morgan fingerprint density at radius 1 is 1.14 bits per heavy atom. The van der Waals surface area contributed by atoms with Crippen LogP contribution in [0, 0.1) is 5.92 Å². The van der Waals surface area contributed by atoms with E-state index < -0.39 is 0 Å². The highest BCUT2D eigenvalue weighted by atomic mass is 32.2. The van der Waals surface area contributed by atoms with E-state index >= 15 is 0 Å². The number of carbonyl (C=O) groups excluding carboxylic acids is 2. The summed E-state index contributed by atoms with van der Waals surface area (Å²) in [5.74, 6) is 0.870. The van der Waals surface area contributed by atoms with Crippen LogP contribution in [-0.2, 0) is 16.0 Å². The van der Waals surface area contributed by atoms with Crippen molar-refractivity contribution in [3.63, 3.8) is 0 Å². The molecule has 1 aliphatic carbocycles. The van der Waals surface area contributed by atoms with Gasteiger partial charge >= 0.3 is 0 Å². The molecule has 28 heavy (non-hydrogen) atoms. The van der Waals surface area contributed by atoms with Gasteiger partial charge in [-0.05, 0) is 48.6 Å². The molecule has 0 radical (unpaired) electrons. The zero-order chi connectivity index (χ0) is 19.5. The average Bonchev–Trinajstić information content (AvgIpc) is 3.38. The first-order chi connectivity index (χ1) is 13.7. The number of carbonyl (C=O) groups is 2. The summed E-state index contributed by atoms with van der Waals surface area (Å²) >= 11 is 1.64. The molecule has 1 N–H and O–H groups in total. The minimum absolute atomic E-state index is 0.0662. The highest BCUT2D eigenvalue weighted by Crippen LogP contribution is 2.43. The minimum atomic E-state index is -0.0662. The van der Waals surface area contributed by atoms with Crippen molar-refractivity contribution in [3.05, 3.63) is 59.7 Å². The lowest BCUT2D eigenvalue weighted by Gasteiger charge is -2.26. The smallest absolute Gasteiger partial charge is 0.238 e. The second-order valence-electron chi connectivity index (χ2n) is 7.51. The first kappa shape index (κ1) is 19.1. The molecule has 1 saturated heterocycles. The molecule has 1 heterocycles. The summed E-state index contributed by atoms with van der Waals surface area (Å²) in [7, 11) is 0. The third kappa shape index (κ3) is 3.81. The van der Waals surface area contributed by atoms with Crippen LogP contribution in [0.15, 0.2) is 48.5 Å². The molecule has 2 amide bonds. The monoisotopic (exact) mass is 394 g/mol. The maximum atomic E-state index is 12.7. The Kier molecular flexibility index (Phi) is 5.72. The molecule has 4 nitrogen and oxygen atoms in total. The van der Waals surface area contributed by atoms with Gasteiger partial charge < -0.3 is 5.32 Å². The van der Waals surface area contributed by atoms with Crippen molar-refractivity contribution in [1.29, 1.82) is 0 Å². The molecule has 0 aromatic heterocycles. The molecule has 2 aromatic rings. The maximum absolute atomic E-state index is 12.7. The highest BCUT2D eigenvalue weighted by molar-refractivity contribution is 8.00. The van der Waals surface area contributed by atoms with Crippen LogP contribution >= 0.6 is 11.8 Å². The number of nitrogens with zero attached hydrogens (tertiary/aromatic N) is 1. The van der Waals surface area contributed by atoms with Crippen LogP contribution in [0.1, 0.15) is 49.1 Å². The van der Waals surface area contributed by atoms with Gasteiger partial charge in [-0.25, -0.2) is 0 Å². The summed E-state index contributed by atoms with van der Waals surface area (Å²) in [6.45, 7) is 2.11. The minimum Gasteiger partial charge on any atom is -0.326 e. The molecule has 2 aromatic carbocycles.